The summed E-state index contributed by atoms with van der Waals surface area (Å²) in [6.45, 7) is 5.60. The number of aliphatic carboxylic acids is 1. The summed E-state index contributed by atoms with van der Waals surface area (Å²) in [5.74, 6) is -11.8. The number of hydrogen-bond donors (Lipinski definition) is 15. The van der Waals surface area contributed by atoms with Gasteiger partial charge in [0, 0.05) is 44.1 Å². The first-order valence-corrected chi connectivity index (χ1v) is 21.3. The quantitative estimate of drug-likeness (QED) is 0.0181. The van der Waals surface area contributed by atoms with Crippen LogP contribution in [0.2, 0.25) is 0 Å². The molecule has 1 aromatic heterocycles. The van der Waals surface area contributed by atoms with Gasteiger partial charge in [0.2, 0.25) is 59.1 Å². The molecule has 0 aliphatic carbocycles. The summed E-state index contributed by atoms with van der Waals surface area (Å²) in [6, 6.07) is -9.67. The van der Waals surface area contributed by atoms with Gasteiger partial charge in [0.15, 0.2) is 5.96 Å². The van der Waals surface area contributed by atoms with E-state index in [1.807, 2.05) is 0 Å². The summed E-state index contributed by atoms with van der Waals surface area (Å²) < 4.78 is 0. The van der Waals surface area contributed by atoms with Crippen LogP contribution in [0.25, 0.3) is 0 Å². The number of aromatic amines is 1. The number of rotatable bonds is 32. The highest BCUT2D eigenvalue weighted by molar-refractivity contribution is 5.97. The first kappa shape index (κ1) is 57.6. The van der Waals surface area contributed by atoms with E-state index in [1.54, 1.807) is 13.8 Å². The predicted octanol–water partition coefficient (Wildman–Crippen LogP) is -6.45. The summed E-state index contributed by atoms with van der Waals surface area (Å²) in [4.78, 5) is 151. The van der Waals surface area contributed by atoms with Crippen LogP contribution in [-0.2, 0) is 59.2 Å². The van der Waals surface area contributed by atoms with Gasteiger partial charge in [-0.05, 0) is 43.9 Å². The molecule has 0 unspecified atom stereocenters. The Morgan fingerprint density at radius 3 is 1.52 bits per heavy atom. The molecule has 374 valence electrons. The zero-order valence-electron chi connectivity index (χ0n) is 37.9. The first-order valence-electron chi connectivity index (χ1n) is 21.3. The van der Waals surface area contributed by atoms with Crippen LogP contribution in [0.15, 0.2) is 17.5 Å². The Kier molecular flexibility index (Phi) is 25.1. The van der Waals surface area contributed by atoms with E-state index < -0.39 is 151 Å². The summed E-state index contributed by atoms with van der Waals surface area (Å²) in [7, 11) is 0. The van der Waals surface area contributed by atoms with Crippen LogP contribution in [0, 0.1) is 11.8 Å². The highest BCUT2D eigenvalue weighted by Gasteiger charge is 2.34. The van der Waals surface area contributed by atoms with Crippen molar-refractivity contribution < 1.29 is 57.8 Å². The zero-order valence-corrected chi connectivity index (χ0v) is 37.9. The molecule has 0 aliphatic heterocycles. The number of carbonyl (C=O) groups excluding carboxylic acids is 10. The lowest BCUT2D eigenvalue weighted by molar-refractivity contribution is -0.143. The normalized spacial score (nSPS) is 14.1. The standard InChI is InChI=1S/C39H66N16O12/c1-18(2)30(54-32(60)21(40)14-20-15-46-17-49-20)36(64)52-22(6-5-13-47-39(44)45)33(61)48-16-29(59)50-23(7-10-26(41)56)34(62)51-24(8-11-27(42)57)35(63)55-31(19(3)4)37(65)53-25(38(66)67)9-12-28(43)58/h15,17-19,21-25,30-31H,5-14,16,40H2,1-4H3,(H2,41,56)(H2,42,57)(H2,43,58)(H,46,49)(H,48,61)(H,50,59)(H,51,62)(H,52,64)(H,53,65)(H,54,60)(H,55,63)(H,66,67)(H4,44,45,47)/t21-,22-,23-,24-,25-,30-,31-/m0/s1. The van der Waals surface area contributed by atoms with Crippen LogP contribution in [-0.4, -0.2) is 141 Å². The lowest BCUT2D eigenvalue weighted by Crippen LogP contribution is -2.59. The lowest BCUT2D eigenvalue weighted by atomic mass is 10.0. The van der Waals surface area contributed by atoms with Crippen molar-refractivity contribution in [3.63, 3.8) is 0 Å². The molecule has 1 heterocycles. The van der Waals surface area contributed by atoms with Gasteiger partial charge in [-0.25, -0.2) is 9.78 Å². The van der Waals surface area contributed by atoms with Crippen molar-refractivity contribution in [2.45, 2.75) is 128 Å². The Balaban J connectivity index is 3.24. The number of amides is 10. The monoisotopic (exact) mass is 951 g/mol. The Hall–Kier alpha value is -7.39. The number of carbonyl (C=O) groups is 11. The Morgan fingerprint density at radius 2 is 1.06 bits per heavy atom. The van der Waals surface area contributed by atoms with Gasteiger partial charge in [-0.15, -0.1) is 0 Å². The smallest absolute Gasteiger partial charge is 0.326 e. The summed E-state index contributed by atoms with van der Waals surface area (Å²) >= 11 is 0. The fraction of sp³-hybridized carbons (Fsp3) is 0.615. The third kappa shape index (κ3) is 22.9. The maximum absolute atomic E-state index is 13.7. The Labute approximate surface area is 385 Å². The van der Waals surface area contributed by atoms with Crippen LogP contribution >= 0.6 is 0 Å². The Bertz CT molecular complexity index is 1920. The van der Waals surface area contributed by atoms with Gasteiger partial charge in [0.1, 0.15) is 36.3 Å². The number of carboxylic acid groups (broad SMARTS) is 1. The average molecular weight is 951 g/mol. The molecule has 1 rings (SSSR count). The molecule has 0 spiro atoms. The van der Waals surface area contributed by atoms with Crippen molar-refractivity contribution in [2.75, 3.05) is 13.1 Å². The van der Waals surface area contributed by atoms with E-state index in [0.717, 1.165) is 0 Å². The highest BCUT2D eigenvalue weighted by Crippen LogP contribution is 2.10. The van der Waals surface area contributed by atoms with Gasteiger partial charge >= 0.3 is 5.97 Å². The van der Waals surface area contributed by atoms with E-state index in [4.69, 9.17) is 34.4 Å². The van der Waals surface area contributed by atoms with Crippen LogP contribution < -0.4 is 71.6 Å². The van der Waals surface area contributed by atoms with Crippen LogP contribution in [0.3, 0.4) is 0 Å². The summed E-state index contributed by atoms with van der Waals surface area (Å²) in [5, 5.41) is 26.4. The van der Waals surface area contributed by atoms with Crippen molar-refractivity contribution in [1.29, 1.82) is 0 Å². The lowest BCUT2D eigenvalue weighted by Gasteiger charge is -2.27. The number of H-pyrrole nitrogens is 1. The highest BCUT2D eigenvalue weighted by atomic mass is 16.4. The van der Waals surface area contributed by atoms with Crippen LogP contribution in [0.4, 0.5) is 0 Å². The number of nitrogens with zero attached hydrogens (tertiary/aromatic N) is 2. The number of carboxylic acids is 1. The van der Waals surface area contributed by atoms with Crippen molar-refractivity contribution in [3.05, 3.63) is 18.2 Å². The molecule has 1 aromatic rings. The third-order valence-corrected chi connectivity index (χ3v) is 9.76. The average Bonchev–Trinajstić information content (AvgIpc) is 3.75. The van der Waals surface area contributed by atoms with Crippen LogP contribution in [0.1, 0.15) is 84.8 Å². The topological polar surface area (TPSA) is 489 Å². The predicted molar refractivity (Wildman–Crippen MR) is 237 cm³/mol. The van der Waals surface area contributed by atoms with Gasteiger partial charge < -0.3 is 81.7 Å². The van der Waals surface area contributed by atoms with Crippen molar-refractivity contribution in [2.24, 2.45) is 51.2 Å². The largest absolute Gasteiger partial charge is 0.480 e. The fourth-order valence-electron chi connectivity index (χ4n) is 6.07. The molecular weight excluding hydrogens is 885 g/mol. The van der Waals surface area contributed by atoms with E-state index in [1.165, 1.54) is 26.4 Å². The molecule has 28 nitrogen and oxygen atoms in total. The molecule has 0 radical (unpaired) electrons. The van der Waals surface area contributed by atoms with Gasteiger partial charge in [-0.3, -0.25) is 52.9 Å². The van der Waals surface area contributed by atoms with Crippen LogP contribution in [0.5, 0.6) is 0 Å². The number of hydrogen-bond acceptors (Lipinski definition) is 14. The number of nitrogens with one attached hydrogen (secondary N) is 8. The minimum Gasteiger partial charge on any atom is -0.480 e. The number of imidazole rings is 1. The molecule has 28 heteroatoms. The number of aliphatic imine (C=N–C) groups is 1. The molecule has 67 heavy (non-hydrogen) atoms. The summed E-state index contributed by atoms with van der Waals surface area (Å²) in [5.41, 5.74) is 33.2. The number of primary amides is 3. The molecular formula is C39H66N16O12. The second kappa shape index (κ2) is 29.2. The van der Waals surface area contributed by atoms with E-state index >= 15 is 0 Å². The number of guanidine groups is 1. The number of aromatic nitrogens is 2. The second-order valence-electron chi connectivity index (χ2n) is 16.2. The van der Waals surface area contributed by atoms with E-state index in [-0.39, 0.29) is 44.6 Å². The van der Waals surface area contributed by atoms with E-state index in [0.29, 0.717) is 5.69 Å². The Morgan fingerprint density at radius 1 is 0.612 bits per heavy atom. The van der Waals surface area contributed by atoms with Gasteiger partial charge in [0.05, 0.1) is 18.9 Å². The van der Waals surface area contributed by atoms with Gasteiger partial charge in [-0.1, -0.05) is 27.7 Å². The fourth-order valence-corrected chi connectivity index (χ4v) is 6.07. The molecule has 7 atom stereocenters. The minimum absolute atomic E-state index is 0.0543. The van der Waals surface area contributed by atoms with Gasteiger partial charge in [0.25, 0.3) is 0 Å². The maximum Gasteiger partial charge on any atom is 0.326 e. The molecule has 0 aromatic carbocycles. The van der Waals surface area contributed by atoms with E-state index in [2.05, 4.69) is 52.2 Å². The summed E-state index contributed by atoms with van der Waals surface area (Å²) in [6.07, 6.45) is 0.639. The molecule has 10 amide bonds. The van der Waals surface area contributed by atoms with Crippen molar-refractivity contribution >= 4 is 71.0 Å². The van der Waals surface area contributed by atoms with Gasteiger partial charge in [-0.2, -0.15) is 0 Å². The molecule has 21 N–H and O–H groups in total. The molecule has 0 aliphatic rings. The number of nitrogens with two attached hydrogens (primary N) is 6. The molecule has 0 saturated carbocycles. The molecule has 0 bridgehead atoms. The maximum atomic E-state index is 13.7. The molecule has 0 fully saturated rings. The van der Waals surface area contributed by atoms with Crippen molar-refractivity contribution in [3.8, 4) is 0 Å². The minimum atomic E-state index is -1.60. The zero-order chi connectivity index (χ0) is 51.0. The first-order chi connectivity index (χ1) is 31.3. The second-order valence-corrected chi connectivity index (χ2v) is 16.2. The van der Waals surface area contributed by atoms with E-state index in [9.17, 15) is 57.8 Å². The molecule has 0 saturated heterocycles. The SMILES string of the molecule is CC(C)[C@H](NC(=O)[C@H](CCC(N)=O)NC(=O)[C@H](CCC(N)=O)NC(=O)CNC(=O)[C@H](CCCN=C(N)N)NC(=O)[C@@H](NC(=O)[C@@H](N)Cc1cnc[nH]1)C(C)C)C(=O)N[C@@H](CCC(N)=O)C(=O)O. The third-order valence-electron chi connectivity index (χ3n) is 9.76. The van der Waals surface area contributed by atoms with Crippen molar-refractivity contribution in [1.82, 2.24) is 47.2 Å².